The van der Waals surface area contributed by atoms with Crippen molar-refractivity contribution in [3.8, 4) is 0 Å². The Balaban J connectivity index is 1.37. The summed E-state index contributed by atoms with van der Waals surface area (Å²) in [4.78, 5) is 14.2. The number of nitrogens with zero attached hydrogens (tertiary/aromatic N) is 2. The molecule has 0 aromatic carbocycles. The minimum atomic E-state index is -0.234. The van der Waals surface area contributed by atoms with E-state index >= 15 is 0 Å². The van der Waals surface area contributed by atoms with Gasteiger partial charge in [-0.05, 0) is 31.6 Å². The Hall–Kier alpha value is -1.40. The number of carbonyl (C=O) groups excluding carboxylic acids is 1. The Morgan fingerprint density at radius 1 is 1.50 bits per heavy atom. The SMILES string of the molecule is O=C(c1ccno1)N1CCCC2(CC(OCC3CC3)CO2)C1. The zero-order valence-electron chi connectivity index (χ0n) is 12.7. The van der Waals surface area contributed by atoms with Gasteiger partial charge in [-0.2, -0.15) is 0 Å². The van der Waals surface area contributed by atoms with Crippen LogP contribution in [0.5, 0.6) is 0 Å². The molecule has 6 nitrogen and oxygen atoms in total. The molecule has 2 saturated heterocycles. The summed E-state index contributed by atoms with van der Waals surface area (Å²) in [6, 6.07) is 1.61. The summed E-state index contributed by atoms with van der Waals surface area (Å²) in [6.45, 7) is 2.88. The second-order valence-corrected chi connectivity index (χ2v) is 6.80. The van der Waals surface area contributed by atoms with E-state index < -0.39 is 0 Å². The first-order chi connectivity index (χ1) is 10.7. The Labute approximate surface area is 129 Å². The van der Waals surface area contributed by atoms with E-state index in [0.29, 0.717) is 18.9 Å². The first kappa shape index (κ1) is 14.2. The van der Waals surface area contributed by atoms with Crippen molar-refractivity contribution in [1.29, 1.82) is 0 Å². The minimum absolute atomic E-state index is 0.0949. The standard InChI is InChI=1S/C16H22N2O4/c19-15(14-4-6-17-22-14)18-7-1-5-16(11-18)8-13(10-21-16)20-9-12-2-3-12/h4,6,12-13H,1-3,5,7-11H2. The van der Waals surface area contributed by atoms with E-state index in [1.54, 1.807) is 6.07 Å². The van der Waals surface area contributed by atoms with Gasteiger partial charge in [0.15, 0.2) is 0 Å². The summed E-state index contributed by atoms with van der Waals surface area (Å²) in [5.41, 5.74) is -0.234. The normalized spacial score (nSPS) is 31.8. The molecule has 0 radical (unpaired) electrons. The van der Waals surface area contributed by atoms with Gasteiger partial charge >= 0.3 is 0 Å². The zero-order chi connectivity index (χ0) is 15.0. The van der Waals surface area contributed by atoms with Gasteiger partial charge < -0.3 is 18.9 Å². The molecule has 0 N–H and O–H groups in total. The Kier molecular flexibility index (Phi) is 3.66. The molecule has 6 heteroatoms. The molecule has 1 spiro atoms. The molecule has 3 heterocycles. The number of piperidine rings is 1. The molecule has 2 atom stereocenters. The number of hydrogen-bond acceptors (Lipinski definition) is 5. The molecule has 3 fully saturated rings. The lowest BCUT2D eigenvalue weighted by atomic mass is 9.89. The monoisotopic (exact) mass is 306 g/mol. The first-order valence-electron chi connectivity index (χ1n) is 8.20. The Morgan fingerprint density at radius 3 is 3.18 bits per heavy atom. The summed E-state index contributed by atoms with van der Waals surface area (Å²) in [7, 11) is 0. The van der Waals surface area contributed by atoms with Crippen LogP contribution in [0.1, 0.15) is 42.7 Å². The summed E-state index contributed by atoms with van der Waals surface area (Å²) < 4.78 is 17.0. The summed E-state index contributed by atoms with van der Waals surface area (Å²) in [6.07, 6.45) is 7.13. The molecule has 4 rings (SSSR count). The molecule has 120 valence electrons. The van der Waals surface area contributed by atoms with Crippen molar-refractivity contribution in [2.75, 3.05) is 26.3 Å². The lowest BCUT2D eigenvalue weighted by Crippen LogP contribution is -2.50. The van der Waals surface area contributed by atoms with Crippen molar-refractivity contribution in [3.05, 3.63) is 18.0 Å². The van der Waals surface area contributed by atoms with E-state index in [4.69, 9.17) is 14.0 Å². The van der Waals surface area contributed by atoms with E-state index in [2.05, 4.69) is 5.16 Å². The number of ether oxygens (including phenoxy) is 2. The second-order valence-electron chi connectivity index (χ2n) is 6.80. The van der Waals surface area contributed by atoms with Crippen molar-refractivity contribution in [2.24, 2.45) is 5.92 Å². The molecule has 22 heavy (non-hydrogen) atoms. The topological polar surface area (TPSA) is 64.8 Å². The van der Waals surface area contributed by atoms with Crippen molar-refractivity contribution >= 4 is 5.91 Å². The summed E-state index contributed by atoms with van der Waals surface area (Å²) in [5, 5.41) is 3.61. The highest BCUT2D eigenvalue weighted by molar-refractivity contribution is 5.91. The van der Waals surface area contributed by atoms with Crippen LogP contribution in [0, 0.1) is 5.92 Å². The van der Waals surface area contributed by atoms with Crippen LogP contribution in [0.15, 0.2) is 16.8 Å². The second kappa shape index (κ2) is 5.66. The van der Waals surface area contributed by atoms with Crippen LogP contribution in [0.2, 0.25) is 0 Å². The zero-order valence-corrected chi connectivity index (χ0v) is 12.7. The van der Waals surface area contributed by atoms with Gasteiger partial charge in [-0.3, -0.25) is 4.79 Å². The van der Waals surface area contributed by atoms with Crippen molar-refractivity contribution in [3.63, 3.8) is 0 Å². The molecule has 1 saturated carbocycles. The summed E-state index contributed by atoms with van der Waals surface area (Å²) in [5.74, 6) is 0.978. The third kappa shape index (κ3) is 2.90. The van der Waals surface area contributed by atoms with Gasteiger partial charge in [-0.25, -0.2) is 0 Å². The Bertz CT molecular complexity index is 528. The highest BCUT2D eigenvalue weighted by Gasteiger charge is 2.45. The molecule has 1 amide bonds. The maximum absolute atomic E-state index is 12.4. The number of amides is 1. The average Bonchev–Trinajstić information content (AvgIpc) is 3.05. The third-order valence-corrected chi connectivity index (χ3v) is 4.91. The number of rotatable bonds is 4. The predicted molar refractivity (Wildman–Crippen MR) is 77.4 cm³/mol. The minimum Gasteiger partial charge on any atom is -0.375 e. The van der Waals surface area contributed by atoms with Crippen LogP contribution < -0.4 is 0 Å². The number of carbonyl (C=O) groups is 1. The predicted octanol–water partition coefficient (Wildman–Crippen LogP) is 1.86. The fraction of sp³-hybridized carbons (Fsp3) is 0.750. The third-order valence-electron chi connectivity index (χ3n) is 4.91. The van der Waals surface area contributed by atoms with Crippen molar-refractivity contribution < 1.29 is 18.8 Å². The largest absolute Gasteiger partial charge is 0.375 e. The maximum Gasteiger partial charge on any atom is 0.292 e. The molecule has 1 aromatic heterocycles. The molecule has 2 aliphatic heterocycles. The fourth-order valence-corrected chi connectivity index (χ4v) is 3.50. The fourth-order valence-electron chi connectivity index (χ4n) is 3.50. The van der Waals surface area contributed by atoms with E-state index in [-0.39, 0.29) is 17.6 Å². The van der Waals surface area contributed by atoms with Gasteiger partial charge in [0.2, 0.25) is 5.76 Å². The molecular weight excluding hydrogens is 284 g/mol. The first-order valence-corrected chi connectivity index (χ1v) is 8.20. The smallest absolute Gasteiger partial charge is 0.292 e. The van der Waals surface area contributed by atoms with Gasteiger partial charge in [-0.15, -0.1) is 0 Å². The van der Waals surface area contributed by atoms with Crippen LogP contribution in [0.25, 0.3) is 0 Å². The van der Waals surface area contributed by atoms with Crippen molar-refractivity contribution in [1.82, 2.24) is 10.1 Å². The lowest BCUT2D eigenvalue weighted by Gasteiger charge is -2.39. The number of aromatic nitrogens is 1. The number of hydrogen-bond donors (Lipinski definition) is 0. The molecule has 2 unspecified atom stereocenters. The quantitative estimate of drug-likeness (QED) is 0.849. The van der Waals surface area contributed by atoms with Gasteiger partial charge in [0, 0.05) is 25.6 Å². The van der Waals surface area contributed by atoms with Gasteiger partial charge in [0.1, 0.15) is 0 Å². The van der Waals surface area contributed by atoms with Gasteiger partial charge in [0.05, 0.1) is 31.1 Å². The Morgan fingerprint density at radius 2 is 2.41 bits per heavy atom. The van der Waals surface area contributed by atoms with E-state index in [1.807, 2.05) is 4.90 Å². The van der Waals surface area contributed by atoms with Gasteiger partial charge in [0.25, 0.3) is 5.91 Å². The maximum atomic E-state index is 12.4. The average molecular weight is 306 g/mol. The highest BCUT2D eigenvalue weighted by Crippen LogP contribution is 2.37. The van der Waals surface area contributed by atoms with Crippen LogP contribution in [0.3, 0.4) is 0 Å². The van der Waals surface area contributed by atoms with Crippen LogP contribution in [-0.2, 0) is 9.47 Å². The number of likely N-dealkylation sites (tertiary alicyclic amines) is 1. The van der Waals surface area contributed by atoms with E-state index in [0.717, 1.165) is 38.3 Å². The molecule has 3 aliphatic rings. The summed E-state index contributed by atoms with van der Waals surface area (Å²) >= 11 is 0. The highest BCUT2D eigenvalue weighted by atomic mass is 16.6. The van der Waals surface area contributed by atoms with Crippen LogP contribution in [-0.4, -0.2) is 54.0 Å². The lowest BCUT2D eigenvalue weighted by molar-refractivity contribution is -0.0471. The van der Waals surface area contributed by atoms with Gasteiger partial charge in [-0.1, -0.05) is 5.16 Å². The molecule has 1 aromatic rings. The molecule has 1 aliphatic carbocycles. The van der Waals surface area contributed by atoms with E-state index in [9.17, 15) is 4.79 Å². The molecular formula is C16H22N2O4. The molecule has 0 bridgehead atoms. The van der Waals surface area contributed by atoms with Crippen LogP contribution in [0.4, 0.5) is 0 Å². The van der Waals surface area contributed by atoms with Crippen molar-refractivity contribution in [2.45, 2.75) is 43.8 Å². The van der Waals surface area contributed by atoms with Crippen LogP contribution >= 0.6 is 0 Å². The van der Waals surface area contributed by atoms with E-state index in [1.165, 1.54) is 19.0 Å².